The number of halogens is 6. The van der Waals surface area contributed by atoms with Crippen molar-refractivity contribution in [1.82, 2.24) is 0 Å². The Morgan fingerprint density at radius 2 is 1.59 bits per heavy atom. The largest absolute Gasteiger partial charge is 0.458 e. The van der Waals surface area contributed by atoms with Gasteiger partial charge in [-0.2, -0.15) is 0 Å². The van der Waals surface area contributed by atoms with Crippen LogP contribution in [0.3, 0.4) is 0 Å². The van der Waals surface area contributed by atoms with Gasteiger partial charge in [0.25, 0.3) is 0 Å². The third-order valence-electron chi connectivity index (χ3n) is 2.76. The maximum Gasteiger partial charge on any atom is 0.334 e. The van der Waals surface area contributed by atoms with Crippen LogP contribution in [0.1, 0.15) is 19.8 Å². The maximum atomic E-state index is 11.3. The van der Waals surface area contributed by atoms with Crippen molar-refractivity contribution in [2.24, 2.45) is 0 Å². The van der Waals surface area contributed by atoms with Gasteiger partial charge in [-0.1, -0.05) is 69.6 Å². The summed E-state index contributed by atoms with van der Waals surface area (Å²) in [6.07, 6.45) is 0.162. The van der Waals surface area contributed by atoms with E-state index in [2.05, 4.69) is 0 Å². The summed E-state index contributed by atoms with van der Waals surface area (Å²) in [6, 6.07) is 0. The average molecular weight is 435 g/mol. The van der Waals surface area contributed by atoms with Crippen LogP contribution >= 0.6 is 69.6 Å². The third kappa shape index (κ3) is 8.65. The van der Waals surface area contributed by atoms with Crippen molar-refractivity contribution >= 4 is 75.6 Å². The molecule has 0 radical (unpaired) electrons. The van der Waals surface area contributed by atoms with E-state index in [1.807, 2.05) is 0 Å². The monoisotopic (exact) mass is 432 g/mol. The molecule has 0 unspecified atom stereocenters. The number of esters is 1. The van der Waals surface area contributed by atoms with Crippen LogP contribution in [0.5, 0.6) is 0 Å². The molecule has 0 fully saturated rings. The van der Waals surface area contributed by atoms with Gasteiger partial charge in [0.1, 0.15) is 6.61 Å². The molecule has 128 valence electrons. The number of carbonyl (C=O) groups is 1. The molecule has 0 aromatic heterocycles. The van der Waals surface area contributed by atoms with Crippen LogP contribution in [0, 0.1) is 0 Å². The summed E-state index contributed by atoms with van der Waals surface area (Å²) in [7, 11) is 0. The van der Waals surface area contributed by atoms with Crippen LogP contribution in [0.15, 0.2) is 11.1 Å². The van der Waals surface area contributed by atoms with Gasteiger partial charge in [-0.25, -0.2) is 4.79 Å². The van der Waals surface area contributed by atoms with Gasteiger partial charge in [-0.3, -0.25) is 0 Å². The number of rotatable bonds is 7. The predicted molar refractivity (Wildman–Crippen MR) is 89.2 cm³/mol. The zero-order chi connectivity index (χ0) is 17.0. The van der Waals surface area contributed by atoms with E-state index in [9.17, 15) is 4.79 Å². The molecule has 1 aliphatic rings. The summed E-state index contributed by atoms with van der Waals surface area (Å²) >= 11 is 33.8. The summed E-state index contributed by atoms with van der Waals surface area (Å²) in [5.41, 5.74) is 1.45. The van der Waals surface area contributed by atoms with E-state index in [1.165, 1.54) is 0 Å². The fourth-order valence-electron chi connectivity index (χ4n) is 1.65. The number of carbonyl (C=O) groups excluding carboxylic acids is 1. The third-order valence-corrected chi connectivity index (χ3v) is 3.42. The zero-order valence-electron chi connectivity index (χ0n) is 11.5. The molecular weight excluding hydrogens is 421 g/mol. The molecule has 0 aromatic rings. The van der Waals surface area contributed by atoms with Crippen molar-refractivity contribution in [2.75, 3.05) is 19.8 Å². The van der Waals surface area contributed by atoms with Gasteiger partial charge in [0.05, 0.1) is 13.2 Å². The molecule has 4 nitrogen and oxygen atoms in total. The lowest BCUT2D eigenvalue weighted by Crippen LogP contribution is -2.27. The normalized spacial score (nSPS) is 16.6. The van der Waals surface area contributed by atoms with Crippen molar-refractivity contribution in [3.63, 3.8) is 0 Å². The van der Waals surface area contributed by atoms with E-state index in [0.29, 0.717) is 18.4 Å². The molecule has 10 heteroatoms. The van der Waals surface area contributed by atoms with Crippen LogP contribution < -0.4 is 0 Å². The van der Waals surface area contributed by atoms with E-state index in [0.717, 1.165) is 5.57 Å². The van der Waals surface area contributed by atoms with Crippen LogP contribution in [0.4, 0.5) is 0 Å². The fraction of sp³-hybridized carbons (Fsp3) is 0.750. The van der Waals surface area contributed by atoms with Gasteiger partial charge in [0.2, 0.25) is 7.59 Å². The van der Waals surface area contributed by atoms with Crippen molar-refractivity contribution in [3.05, 3.63) is 11.1 Å². The minimum atomic E-state index is -1.58. The molecule has 1 rings (SSSR count). The standard InChI is InChI=1S/C12H14Cl6O4/c1-7-8(4-20-10(7)19)2-3-9(21-5-11(13,14)15)22-6-12(16,17)18/h9H,2-6H2,1H3. The Hall–Kier alpha value is 0.870. The van der Waals surface area contributed by atoms with Crippen LogP contribution in [-0.4, -0.2) is 39.7 Å². The lowest BCUT2D eigenvalue weighted by atomic mass is 10.1. The number of hydrogen-bond donors (Lipinski definition) is 0. The highest BCUT2D eigenvalue weighted by atomic mass is 35.6. The molecular formula is C12H14Cl6O4. The number of ether oxygens (including phenoxy) is 3. The number of cyclic esters (lactones) is 1. The second kappa shape index (κ2) is 8.82. The Bertz CT molecular complexity index is 408. The molecule has 0 aromatic carbocycles. The molecule has 0 bridgehead atoms. The molecule has 22 heavy (non-hydrogen) atoms. The minimum absolute atomic E-state index is 0.185. The van der Waals surface area contributed by atoms with Gasteiger partial charge >= 0.3 is 5.97 Å². The molecule has 1 heterocycles. The Kier molecular flexibility index (Phi) is 8.38. The summed E-state index contributed by atoms with van der Waals surface area (Å²) < 4.78 is 12.5. The zero-order valence-corrected chi connectivity index (χ0v) is 16.0. The Balaban J connectivity index is 2.55. The lowest BCUT2D eigenvalue weighted by molar-refractivity contribution is -0.143. The Morgan fingerprint density at radius 3 is 1.95 bits per heavy atom. The molecule has 0 spiro atoms. The quantitative estimate of drug-likeness (QED) is 0.330. The van der Waals surface area contributed by atoms with Gasteiger partial charge in [-0.15, -0.1) is 0 Å². The van der Waals surface area contributed by atoms with Crippen molar-refractivity contribution in [1.29, 1.82) is 0 Å². The first kappa shape index (κ1) is 20.9. The summed E-state index contributed by atoms with van der Waals surface area (Å²) in [6.45, 7) is 1.58. The average Bonchev–Trinajstić information content (AvgIpc) is 2.67. The molecule has 0 amide bonds. The van der Waals surface area contributed by atoms with Crippen molar-refractivity contribution in [3.8, 4) is 0 Å². The molecule has 0 N–H and O–H groups in total. The van der Waals surface area contributed by atoms with E-state index in [1.54, 1.807) is 6.92 Å². The van der Waals surface area contributed by atoms with E-state index < -0.39 is 13.9 Å². The highest BCUT2D eigenvalue weighted by Crippen LogP contribution is 2.30. The molecule has 0 saturated carbocycles. The number of hydrogen-bond acceptors (Lipinski definition) is 4. The van der Waals surface area contributed by atoms with Gasteiger partial charge in [0.15, 0.2) is 6.29 Å². The molecule has 0 atom stereocenters. The van der Waals surface area contributed by atoms with Crippen LogP contribution in [0.2, 0.25) is 0 Å². The Morgan fingerprint density at radius 1 is 1.09 bits per heavy atom. The molecule has 0 aliphatic carbocycles. The minimum Gasteiger partial charge on any atom is -0.458 e. The van der Waals surface area contributed by atoms with Crippen LogP contribution in [-0.2, 0) is 19.0 Å². The lowest BCUT2D eigenvalue weighted by Gasteiger charge is -2.23. The topological polar surface area (TPSA) is 44.8 Å². The van der Waals surface area contributed by atoms with Gasteiger partial charge in [0, 0.05) is 12.0 Å². The molecule has 0 saturated heterocycles. The highest BCUT2D eigenvalue weighted by Gasteiger charge is 2.27. The highest BCUT2D eigenvalue weighted by molar-refractivity contribution is 6.68. The Labute approximate surface area is 158 Å². The second-order valence-electron chi connectivity index (χ2n) is 4.63. The van der Waals surface area contributed by atoms with Gasteiger partial charge < -0.3 is 14.2 Å². The predicted octanol–water partition coefficient (Wildman–Crippen LogP) is 4.74. The summed E-state index contributed by atoms with van der Waals surface area (Å²) in [5, 5.41) is 0. The molecule has 1 aliphatic heterocycles. The summed E-state index contributed by atoms with van der Waals surface area (Å²) in [4.78, 5) is 11.3. The van der Waals surface area contributed by atoms with Crippen molar-refractivity contribution < 1.29 is 19.0 Å². The van der Waals surface area contributed by atoms with Crippen molar-refractivity contribution in [2.45, 2.75) is 33.6 Å². The SMILES string of the molecule is CC1=C(CCC(OCC(Cl)(Cl)Cl)OCC(Cl)(Cl)Cl)COC1=O. The smallest absolute Gasteiger partial charge is 0.334 e. The van der Waals surface area contributed by atoms with E-state index in [4.69, 9.17) is 83.8 Å². The van der Waals surface area contributed by atoms with Gasteiger partial charge in [-0.05, 0) is 18.9 Å². The maximum absolute atomic E-state index is 11.3. The summed E-state index contributed by atoms with van der Waals surface area (Å²) in [5.74, 6) is -0.323. The van der Waals surface area contributed by atoms with E-state index in [-0.39, 0.29) is 25.8 Å². The number of alkyl halides is 6. The van der Waals surface area contributed by atoms with E-state index >= 15 is 0 Å². The second-order valence-corrected chi connectivity index (χ2v) is 9.66. The first-order valence-electron chi connectivity index (χ1n) is 6.20. The first-order chi connectivity index (χ1) is 9.98. The first-order valence-corrected chi connectivity index (χ1v) is 8.47. The fourth-order valence-corrected chi connectivity index (χ4v) is 2.03. The van der Waals surface area contributed by atoms with Crippen LogP contribution in [0.25, 0.3) is 0 Å².